The highest BCUT2D eigenvalue weighted by Gasteiger charge is 2.20. The number of rotatable bonds is 4. The Labute approximate surface area is 90.9 Å². The van der Waals surface area contributed by atoms with Crippen molar-refractivity contribution in [1.29, 1.82) is 0 Å². The van der Waals surface area contributed by atoms with Crippen LogP contribution in [0, 0.1) is 5.92 Å². The normalized spacial score (nSPS) is 15.7. The Morgan fingerprint density at radius 3 is 2.77 bits per heavy atom. The van der Waals surface area contributed by atoms with Crippen LogP contribution in [-0.2, 0) is 0 Å². The lowest BCUT2D eigenvalue weighted by Gasteiger charge is -2.19. The van der Waals surface area contributed by atoms with Gasteiger partial charge in [0.25, 0.3) is 0 Å². The van der Waals surface area contributed by atoms with Crippen LogP contribution in [0.1, 0.15) is 25.0 Å². The molecule has 1 heterocycles. The average molecular weight is 264 g/mol. The van der Waals surface area contributed by atoms with Gasteiger partial charge in [-0.1, -0.05) is 6.92 Å². The van der Waals surface area contributed by atoms with Crippen molar-refractivity contribution in [2.75, 3.05) is 6.54 Å². The summed E-state index contributed by atoms with van der Waals surface area (Å²) in [4.78, 5) is 0. The Bertz CT molecular complexity index is 260. The van der Waals surface area contributed by atoms with Gasteiger partial charge in [-0.15, -0.1) is 11.3 Å². The largest absolute Gasteiger partial charge is 0.388 e. The van der Waals surface area contributed by atoms with E-state index in [4.69, 9.17) is 5.73 Å². The molecule has 0 saturated carbocycles. The summed E-state index contributed by atoms with van der Waals surface area (Å²) in [6.45, 7) is 2.57. The van der Waals surface area contributed by atoms with E-state index >= 15 is 0 Å². The Morgan fingerprint density at radius 2 is 2.38 bits per heavy atom. The van der Waals surface area contributed by atoms with Gasteiger partial charge in [0.2, 0.25) is 0 Å². The molecule has 1 aromatic heterocycles. The summed E-state index contributed by atoms with van der Waals surface area (Å²) < 4.78 is 1.01. The molecule has 0 aliphatic rings. The third-order valence-corrected chi connectivity index (χ3v) is 3.97. The van der Waals surface area contributed by atoms with Crippen LogP contribution in [0.2, 0.25) is 0 Å². The van der Waals surface area contributed by atoms with E-state index in [1.54, 1.807) is 11.3 Å². The molecule has 2 nitrogen and oxygen atoms in total. The van der Waals surface area contributed by atoms with E-state index in [-0.39, 0.29) is 5.92 Å². The lowest BCUT2D eigenvalue weighted by Crippen LogP contribution is -2.21. The molecule has 0 bridgehead atoms. The van der Waals surface area contributed by atoms with E-state index in [0.29, 0.717) is 6.54 Å². The molecule has 0 aliphatic heterocycles. The molecule has 0 saturated heterocycles. The monoisotopic (exact) mass is 263 g/mol. The number of aliphatic hydroxyl groups is 1. The van der Waals surface area contributed by atoms with Crippen LogP contribution in [0.15, 0.2) is 15.2 Å². The van der Waals surface area contributed by atoms with Crippen molar-refractivity contribution >= 4 is 27.3 Å². The Hall–Kier alpha value is 0.100. The van der Waals surface area contributed by atoms with Crippen LogP contribution in [0.4, 0.5) is 0 Å². The lowest BCUT2D eigenvalue weighted by atomic mass is 9.95. The third-order valence-electron chi connectivity index (χ3n) is 2.24. The van der Waals surface area contributed by atoms with E-state index in [1.807, 2.05) is 18.4 Å². The lowest BCUT2D eigenvalue weighted by molar-refractivity contribution is 0.110. The highest BCUT2D eigenvalue weighted by Crippen LogP contribution is 2.33. The van der Waals surface area contributed by atoms with Crippen molar-refractivity contribution in [1.82, 2.24) is 0 Å². The second-order valence-corrected chi connectivity index (χ2v) is 5.23. The van der Waals surface area contributed by atoms with E-state index in [2.05, 4.69) is 15.9 Å². The van der Waals surface area contributed by atoms with Crippen LogP contribution in [0.5, 0.6) is 0 Å². The topological polar surface area (TPSA) is 46.2 Å². The van der Waals surface area contributed by atoms with Crippen molar-refractivity contribution in [3.05, 3.63) is 20.8 Å². The number of hydrogen-bond donors (Lipinski definition) is 2. The molecule has 1 rings (SSSR count). The predicted octanol–water partition coefficient (Wildman–Crippen LogP) is 2.53. The van der Waals surface area contributed by atoms with Crippen molar-refractivity contribution in [3.8, 4) is 0 Å². The van der Waals surface area contributed by atoms with E-state index in [1.165, 1.54) is 0 Å². The van der Waals surface area contributed by atoms with Gasteiger partial charge in [-0.2, -0.15) is 0 Å². The highest BCUT2D eigenvalue weighted by atomic mass is 79.9. The molecule has 2 atom stereocenters. The number of thiophene rings is 1. The van der Waals surface area contributed by atoms with Gasteiger partial charge in [0.05, 0.1) is 9.89 Å². The van der Waals surface area contributed by atoms with Crippen molar-refractivity contribution in [3.63, 3.8) is 0 Å². The maximum atomic E-state index is 9.95. The number of halogens is 1. The number of hydrogen-bond acceptors (Lipinski definition) is 3. The van der Waals surface area contributed by atoms with Crippen LogP contribution in [-0.4, -0.2) is 11.7 Å². The summed E-state index contributed by atoms with van der Waals surface area (Å²) in [5, 5.41) is 11.9. The molecule has 1 aromatic rings. The number of aliphatic hydroxyl groups excluding tert-OH is 1. The first-order valence-electron chi connectivity index (χ1n) is 4.31. The molecular weight excluding hydrogens is 250 g/mol. The molecule has 13 heavy (non-hydrogen) atoms. The quantitative estimate of drug-likeness (QED) is 0.877. The second-order valence-electron chi connectivity index (χ2n) is 3.00. The summed E-state index contributed by atoms with van der Waals surface area (Å²) in [6.07, 6.45) is 0.468. The van der Waals surface area contributed by atoms with Crippen LogP contribution in [0.25, 0.3) is 0 Å². The minimum Gasteiger partial charge on any atom is -0.388 e. The van der Waals surface area contributed by atoms with E-state index in [9.17, 15) is 5.11 Å². The molecule has 2 unspecified atom stereocenters. The summed E-state index contributed by atoms with van der Waals surface area (Å²) in [7, 11) is 0. The summed E-state index contributed by atoms with van der Waals surface area (Å²) in [5.74, 6) is 0.158. The minimum absolute atomic E-state index is 0.158. The molecule has 0 aliphatic carbocycles. The Balaban J connectivity index is 2.77. The van der Waals surface area contributed by atoms with E-state index < -0.39 is 6.10 Å². The first-order chi connectivity index (χ1) is 6.20. The second kappa shape index (κ2) is 5.10. The molecule has 4 heteroatoms. The van der Waals surface area contributed by atoms with Crippen LogP contribution >= 0.6 is 27.3 Å². The van der Waals surface area contributed by atoms with Gasteiger partial charge >= 0.3 is 0 Å². The van der Waals surface area contributed by atoms with Gasteiger partial charge in [0, 0.05) is 11.5 Å². The van der Waals surface area contributed by atoms with Crippen molar-refractivity contribution in [2.24, 2.45) is 11.7 Å². The molecule has 0 aromatic carbocycles. The molecular formula is C9H14BrNOS. The van der Waals surface area contributed by atoms with Gasteiger partial charge in [0.15, 0.2) is 0 Å². The standard InChI is InChI=1S/C9H14BrNOS/c1-2-6(5-11)8(12)7-3-4-13-9(7)10/h3-4,6,8,12H,2,5,11H2,1H3. The van der Waals surface area contributed by atoms with Gasteiger partial charge in [-0.05, 0) is 40.3 Å². The highest BCUT2D eigenvalue weighted by molar-refractivity contribution is 9.11. The fraction of sp³-hybridized carbons (Fsp3) is 0.556. The summed E-state index contributed by atoms with van der Waals surface area (Å²) in [5.41, 5.74) is 6.53. The molecule has 0 fully saturated rings. The van der Waals surface area contributed by atoms with Crippen molar-refractivity contribution < 1.29 is 5.11 Å². The van der Waals surface area contributed by atoms with E-state index in [0.717, 1.165) is 15.8 Å². The molecule has 0 amide bonds. The van der Waals surface area contributed by atoms with Gasteiger partial charge in [-0.3, -0.25) is 0 Å². The maximum Gasteiger partial charge on any atom is 0.0849 e. The molecule has 74 valence electrons. The van der Waals surface area contributed by atoms with Crippen molar-refractivity contribution in [2.45, 2.75) is 19.4 Å². The van der Waals surface area contributed by atoms with Crippen LogP contribution < -0.4 is 5.73 Å². The smallest absolute Gasteiger partial charge is 0.0849 e. The third kappa shape index (κ3) is 2.53. The van der Waals surface area contributed by atoms with Gasteiger partial charge in [0.1, 0.15) is 0 Å². The zero-order chi connectivity index (χ0) is 9.84. The maximum absolute atomic E-state index is 9.95. The zero-order valence-electron chi connectivity index (χ0n) is 7.53. The first-order valence-corrected chi connectivity index (χ1v) is 5.99. The SMILES string of the molecule is CCC(CN)C(O)c1ccsc1Br. The Morgan fingerprint density at radius 1 is 1.69 bits per heavy atom. The Kier molecular flexibility index (Phi) is 4.38. The van der Waals surface area contributed by atoms with Crippen LogP contribution in [0.3, 0.4) is 0 Å². The summed E-state index contributed by atoms with van der Waals surface area (Å²) >= 11 is 5.00. The molecule has 0 spiro atoms. The fourth-order valence-corrected chi connectivity index (χ4v) is 2.64. The average Bonchev–Trinajstić information content (AvgIpc) is 2.53. The van der Waals surface area contributed by atoms with Gasteiger partial charge < -0.3 is 10.8 Å². The van der Waals surface area contributed by atoms with Gasteiger partial charge in [-0.25, -0.2) is 0 Å². The predicted molar refractivity (Wildman–Crippen MR) is 59.8 cm³/mol. The molecule has 3 N–H and O–H groups in total. The minimum atomic E-state index is -0.435. The summed E-state index contributed by atoms with van der Waals surface area (Å²) in [6, 6.07) is 1.94. The zero-order valence-corrected chi connectivity index (χ0v) is 9.94. The number of nitrogens with two attached hydrogens (primary N) is 1. The first kappa shape index (κ1) is 11.2. The molecule has 0 radical (unpaired) electrons. The fourth-order valence-electron chi connectivity index (χ4n) is 1.29.